The summed E-state index contributed by atoms with van der Waals surface area (Å²) in [5.74, 6) is 1.66. The highest BCUT2D eigenvalue weighted by Crippen LogP contribution is 2.27. The smallest absolute Gasteiger partial charge is 0.161 e. The van der Waals surface area contributed by atoms with E-state index >= 15 is 0 Å². The zero-order valence-electron chi connectivity index (χ0n) is 13.5. The van der Waals surface area contributed by atoms with Crippen LogP contribution in [0, 0.1) is 5.41 Å². The van der Waals surface area contributed by atoms with Crippen LogP contribution in [0.3, 0.4) is 0 Å². The molecular weight excluding hydrogens is 250 g/mol. The number of ether oxygens (including phenoxy) is 2. The molecule has 0 aliphatic carbocycles. The predicted octanol–water partition coefficient (Wildman–Crippen LogP) is 3.88. The molecule has 0 fully saturated rings. The highest BCUT2D eigenvalue weighted by Gasteiger charge is 2.18. The van der Waals surface area contributed by atoms with Gasteiger partial charge in [0.25, 0.3) is 0 Å². The number of hydrogen-bond donors (Lipinski definition) is 1. The molecule has 0 atom stereocenters. The van der Waals surface area contributed by atoms with Crippen molar-refractivity contribution >= 4 is 0 Å². The Balaban J connectivity index is 2.43. The summed E-state index contributed by atoms with van der Waals surface area (Å²) in [6.45, 7) is 13.2. The summed E-state index contributed by atoms with van der Waals surface area (Å²) in [6.07, 6.45) is 1.01. The molecule has 0 saturated carbocycles. The van der Waals surface area contributed by atoms with Gasteiger partial charge in [-0.05, 0) is 30.9 Å². The Morgan fingerprint density at radius 3 is 2.25 bits per heavy atom. The van der Waals surface area contributed by atoms with Gasteiger partial charge in [0, 0.05) is 12.6 Å². The first-order chi connectivity index (χ1) is 9.44. The Kier molecular flexibility index (Phi) is 6.86. The van der Waals surface area contributed by atoms with Gasteiger partial charge in [-0.3, -0.25) is 0 Å². The lowest BCUT2D eigenvalue weighted by Gasteiger charge is -2.26. The average molecular weight is 279 g/mol. The molecule has 0 saturated heterocycles. The van der Waals surface area contributed by atoms with Crippen LogP contribution in [0.1, 0.15) is 41.0 Å². The molecule has 1 N–H and O–H groups in total. The molecule has 0 amide bonds. The van der Waals surface area contributed by atoms with E-state index in [0.717, 1.165) is 24.5 Å². The van der Waals surface area contributed by atoms with Crippen LogP contribution in [-0.2, 0) is 0 Å². The summed E-state index contributed by atoms with van der Waals surface area (Å²) in [7, 11) is 0. The second-order valence-electron chi connectivity index (χ2n) is 6.18. The van der Waals surface area contributed by atoms with Crippen molar-refractivity contribution in [1.82, 2.24) is 5.32 Å². The van der Waals surface area contributed by atoms with Crippen LogP contribution in [0.15, 0.2) is 24.3 Å². The third kappa shape index (κ3) is 6.29. The van der Waals surface area contributed by atoms with Crippen LogP contribution < -0.4 is 14.8 Å². The second-order valence-corrected chi connectivity index (χ2v) is 6.18. The van der Waals surface area contributed by atoms with Gasteiger partial charge in [-0.1, -0.05) is 39.8 Å². The van der Waals surface area contributed by atoms with E-state index in [4.69, 9.17) is 9.47 Å². The molecule has 1 aromatic rings. The van der Waals surface area contributed by atoms with Gasteiger partial charge in [-0.25, -0.2) is 0 Å². The minimum atomic E-state index is 0.227. The molecule has 0 aromatic heterocycles. The van der Waals surface area contributed by atoms with E-state index < -0.39 is 0 Å². The highest BCUT2D eigenvalue weighted by molar-refractivity contribution is 5.39. The van der Waals surface area contributed by atoms with E-state index in [1.54, 1.807) is 0 Å². The fourth-order valence-corrected chi connectivity index (χ4v) is 1.85. The first-order valence-corrected chi connectivity index (χ1v) is 7.52. The number of benzene rings is 1. The Labute approximate surface area is 123 Å². The van der Waals surface area contributed by atoms with Gasteiger partial charge in [0.1, 0.15) is 0 Å². The Hall–Kier alpha value is -1.22. The average Bonchev–Trinajstić information content (AvgIpc) is 2.39. The van der Waals surface area contributed by atoms with Crippen LogP contribution in [0.4, 0.5) is 0 Å². The lowest BCUT2D eigenvalue weighted by molar-refractivity contribution is 0.210. The van der Waals surface area contributed by atoms with Crippen LogP contribution in [0.2, 0.25) is 0 Å². The van der Waals surface area contributed by atoms with Crippen LogP contribution in [0.25, 0.3) is 0 Å². The van der Waals surface area contributed by atoms with Gasteiger partial charge >= 0.3 is 0 Å². The summed E-state index contributed by atoms with van der Waals surface area (Å²) in [6, 6.07) is 8.38. The summed E-state index contributed by atoms with van der Waals surface area (Å²) in [5.41, 5.74) is 0.227. The normalized spacial score (nSPS) is 11.7. The van der Waals surface area contributed by atoms with Gasteiger partial charge in [0.05, 0.1) is 13.2 Å². The molecule has 0 aliphatic heterocycles. The highest BCUT2D eigenvalue weighted by atomic mass is 16.5. The van der Waals surface area contributed by atoms with Gasteiger partial charge in [-0.15, -0.1) is 0 Å². The number of para-hydroxylation sites is 2. The van der Waals surface area contributed by atoms with E-state index in [-0.39, 0.29) is 5.41 Å². The number of hydrogen-bond acceptors (Lipinski definition) is 3. The summed E-state index contributed by atoms with van der Waals surface area (Å²) in [4.78, 5) is 0. The summed E-state index contributed by atoms with van der Waals surface area (Å²) < 4.78 is 11.4. The van der Waals surface area contributed by atoms with Crippen molar-refractivity contribution in [3.63, 3.8) is 0 Å². The monoisotopic (exact) mass is 279 g/mol. The zero-order valence-corrected chi connectivity index (χ0v) is 13.5. The van der Waals surface area contributed by atoms with Gasteiger partial charge < -0.3 is 14.8 Å². The summed E-state index contributed by atoms with van der Waals surface area (Å²) >= 11 is 0. The molecule has 20 heavy (non-hydrogen) atoms. The Morgan fingerprint density at radius 1 is 1.10 bits per heavy atom. The molecule has 3 nitrogen and oxygen atoms in total. The van der Waals surface area contributed by atoms with Gasteiger partial charge in [0.2, 0.25) is 0 Å². The van der Waals surface area contributed by atoms with E-state index in [1.807, 2.05) is 31.2 Å². The first-order valence-electron chi connectivity index (χ1n) is 7.52. The van der Waals surface area contributed by atoms with Crippen molar-refractivity contribution in [2.45, 2.75) is 47.1 Å². The SMILES string of the molecule is CCOc1ccccc1OCCC(C)(C)CNC(C)C. The molecule has 1 aromatic carbocycles. The summed E-state index contributed by atoms with van der Waals surface area (Å²) in [5, 5.41) is 3.49. The van der Waals surface area contributed by atoms with E-state index in [9.17, 15) is 0 Å². The van der Waals surface area contributed by atoms with E-state index in [0.29, 0.717) is 19.3 Å². The predicted molar refractivity (Wildman–Crippen MR) is 84.6 cm³/mol. The number of nitrogens with one attached hydrogen (secondary N) is 1. The van der Waals surface area contributed by atoms with Crippen molar-refractivity contribution < 1.29 is 9.47 Å². The number of rotatable bonds is 9. The standard InChI is InChI=1S/C17H29NO2/c1-6-19-15-9-7-8-10-16(15)20-12-11-17(4,5)13-18-14(2)3/h7-10,14,18H,6,11-13H2,1-5H3. The molecule has 114 valence electrons. The molecule has 1 rings (SSSR count). The van der Waals surface area contributed by atoms with Crippen LogP contribution in [0.5, 0.6) is 11.5 Å². The third-order valence-corrected chi connectivity index (χ3v) is 3.17. The Morgan fingerprint density at radius 2 is 1.70 bits per heavy atom. The fraction of sp³-hybridized carbons (Fsp3) is 0.647. The minimum Gasteiger partial charge on any atom is -0.490 e. The lowest BCUT2D eigenvalue weighted by atomic mass is 9.89. The van der Waals surface area contributed by atoms with Crippen LogP contribution >= 0.6 is 0 Å². The molecule has 0 bridgehead atoms. The molecule has 0 aliphatic rings. The van der Waals surface area contributed by atoms with Crippen molar-refractivity contribution in [3.8, 4) is 11.5 Å². The van der Waals surface area contributed by atoms with Crippen molar-refractivity contribution in [2.75, 3.05) is 19.8 Å². The first kappa shape index (κ1) is 16.8. The third-order valence-electron chi connectivity index (χ3n) is 3.17. The van der Waals surface area contributed by atoms with Gasteiger partial charge in [-0.2, -0.15) is 0 Å². The van der Waals surface area contributed by atoms with Crippen molar-refractivity contribution in [1.29, 1.82) is 0 Å². The molecule has 3 heteroatoms. The maximum absolute atomic E-state index is 5.88. The van der Waals surface area contributed by atoms with E-state index in [2.05, 4.69) is 33.0 Å². The maximum atomic E-state index is 5.88. The topological polar surface area (TPSA) is 30.5 Å². The molecular formula is C17H29NO2. The zero-order chi connectivity index (χ0) is 15.0. The van der Waals surface area contributed by atoms with Crippen LogP contribution in [-0.4, -0.2) is 25.8 Å². The fourth-order valence-electron chi connectivity index (χ4n) is 1.85. The largest absolute Gasteiger partial charge is 0.490 e. The maximum Gasteiger partial charge on any atom is 0.161 e. The quantitative estimate of drug-likeness (QED) is 0.744. The molecule has 0 radical (unpaired) electrons. The molecule has 0 unspecified atom stereocenters. The molecule has 0 spiro atoms. The van der Waals surface area contributed by atoms with E-state index in [1.165, 1.54) is 0 Å². The van der Waals surface area contributed by atoms with Crippen molar-refractivity contribution in [2.24, 2.45) is 5.41 Å². The molecule has 0 heterocycles. The van der Waals surface area contributed by atoms with Gasteiger partial charge in [0.15, 0.2) is 11.5 Å². The second kappa shape index (κ2) is 8.15. The lowest BCUT2D eigenvalue weighted by Crippen LogP contribution is -2.34. The minimum absolute atomic E-state index is 0.227. The Bertz CT molecular complexity index is 388. The van der Waals surface area contributed by atoms with Crippen molar-refractivity contribution in [3.05, 3.63) is 24.3 Å².